The summed E-state index contributed by atoms with van der Waals surface area (Å²) in [6.45, 7) is 6.72. The number of nitrogens with zero attached hydrogens (tertiary/aromatic N) is 2. The molecule has 1 fully saturated rings. The van der Waals surface area contributed by atoms with Crippen LogP contribution in [0.1, 0.15) is 29.5 Å². The minimum atomic E-state index is 0.301. The smallest absolute Gasteiger partial charge is 0.222 e. The van der Waals surface area contributed by atoms with Crippen LogP contribution in [0.3, 0.4) is 0 Å². The Morgan fingerprint density at radius 1 is 1.04 bits per heavy atom. The molecule has 0 radical (unpaired) electrons. The highest BCUT2D eigenvalue weighted by Crippen LogP contribution is 2.20. The second-order valence-electron chi connectivity index (χ2n) is 7.86. The molecule has 1 aromatic heterocycles. The van der Waals surface area contributed by atoms with Gasteiger partial charge in [-0.25, -0.2) is 0 Å². The predicted molar refractivity (Wildman–Crippen MR) is 114 cm³/mol. The molecule has 2 heterocycles. The highest BCUT2D eigenvalue weighted by Gasteiger charge is 2.20. The van der Waals surface area contributed by atoms with Gasteiger partial charge in [0, 0.05) is 56.2 Å². The number of hydrogen-bond acceptors (Lipinski definition) is 2. The van der Waals surface area contributed by atoms with Crippen LogP contribution in [0.25, 0.3) is 10.9 Å². The van der Waals surface area contributed by atoms with Crippen LogP contribution in [0.2, 0.25) is 0 Å². The number of fused-ring (bicyclic) bond motifs is 1. The molecule has 0 spiro atoms. The fraction of sp³-hybridized carbons (Fsp3) is 0.375. The molecule has 2 aromatic carbocycles. The number of carbonyl (C=O) groups excluding carboxylic acids is 1. The van der Waals surface area contributed by atoms with E-state index in [-0.39, 0.29) is 0 Å². The molecule has 1 amide bonds. The summed E-state index contributed by atoms with van der Waals surface area (Å²) >= 11 is 0. The van der Waals surface area contributed by atoms with E-state index in [0.717, 1.165) is 45.6 Å². The maximum Gasteiger partial charge on any atom is 0.222 e. The molecular weight excluding hydrogens is 346 g/mol. The Hall–Kier alpha value is -2.59. The van der Waals surface area contributed by atoms with Crippen molar-refractivity contribution in [2.45, 2.75) is 32.7 Å². The number of aryl methyl sites for hydroxylation is 2. The van der Waals surface area contributed by atoms with Crippen LogP contribution in [-0.2, 0) is 17.8 Å². The van der Waals surface area contributed by atoms with Crippen molar-refractivity contribution in [3.8, 4) is 0 Å². The summed E-state index contributed by atoms with van der Waals surface area (Å²) in [4.78, 5) is 20.4. The molecule has 4 heteroatoms. The Labute approximate surface area is 167 Å². The van der Waals surface area contributed by atoms with E-state index in [1.165, 1.54) is 27.6 Å². The number of carbonyl (C=O) groups is 1. The average molecular weight is 376 g/mol. The molecule has 1 aliphatic rings. The summed E-state index contributed by atoms with van der Waals surface area (Å²) in [7, 11) is 0. The Bertz CT molecular complexity index is 938. The van der Waals surface area contributed by atoms with Gasteiger partial charge >= 0.3 is 0 Å². The summed E-state index contributed by atoms with van der Waals surface area (Å²) in [5.41, 5.74) is 5.15. The van der Waals surface area contributed by atoms with Crippen molar-refractivity contribution in [2.75, 3.05) is 26.2 Å². The normalized spacial score (nSPS) is 15.2. The third-order valence-corrected chi connectivity index (χ3v) is 5.73. The molecule has 1 N–H and O–H groups in total. The van der Waals surface area contributed by atoms with Crippen LogP contribution in [0.15, 0.2) is 54.7 Å². The van der Waals surface area contributed by atoms with E-state index in [9.17, 15) is 4.79 Å². The highest BCUT2D eigenvalue weighted by molar-refractivity contribution is 5.83. The zero-order valence-electron chi connectivity index (χ0n) is 16.7. The number of piperazine rings is 1. The monoisotopic (exact) mass is 375 g/mol. The minimum absolute atomic E-state index is 0.301. The van der Waals surface area contributed by atoms with E-state index in [2.05, 4.69) is 65.5 Å². The SMILES string of the molecule is Cc1cccc(CN2CCN(C(=O)CCCc3c[nH]c4ccccc34)CC2)c1. The van der Waals surface area contributed by atoms with Crippen LogP contribution < -0.4 is 0 Å². The van der Waals surface area contributed by atoms with Gasteiger partial charge in [0.05, 0.1) is 0 Å². The van der Waals surface area contributed by atoms with Crippen molar-refractivity contribution in [3.63, 3.8) is 0 Å². The van der Waals surface area contributed by atoms with Crippen LogP contribution >= 0.6 is 0 Å². The summed E-state index contributed by atoms with van der Waals surface area (Å²) in [6.07, 6.45) is 4.57. The average Bonchev–Trinajstić information content (AvgIpc) is 3.12. The maximum atomic E-state index is 12.6. The Kier molecular flexibility index (Phi) is 5.77. The lowest BCUT2D eigenvalue weighted by Gasteiger charge is -2.35. The van der Waals surface area contributed by atoms with Crippen molar-refractivity contribution in [1.82, 2.24) is 14.8 Å². The lowest BCUT2D eigenvalue weighted by Crippen LogP contribution is -2.48. The van der Waals surface area contributed by atoms with Gasteiger partial charge in [-0.3, -0.25) is 9.69 Å². The number of aromatic nitrogens is 1. The number of benzene rings is 2. The standard InChI is InChI=1S/C24H29N3O/c1-19-6-4-7-20(16-19)18-26-12-14-27(15-13-26)24(28)11-5-8-21-17-25-23-10-3-2-9-22(21)23/h2-4,6-7,9-10,16-17,25H,5,8,11-15,18H2,1H3. The lowest BCUT2D eigenvalue weighted by atomic mass is 10.1. The second-order valence-corrected chi connectivity index (χ2v) is 7.86. The van der Waals surface area contributed by atoms with E-state index in [1.807, 2.05) is 11.0 Å². The number of hydrogen-bond donors (Lipinski definition) is 1. The fourth-order valence-corrected chi connectivity index (χ4v) is 4.15. The van der Waals surface area contributed by atoms with Gasteiger partial charge in [-0.2, -0.15) is 0 Å². The Balaban J connectivity index is 1.22. The first-order valence-electron chi connectivity index (χ1n) is 10.3. The van der Waals surface area contributed by atoms with Gasteiger partial charge in [0.25, 0.3) is 0 Å². The van der Waals surface area contributed by atoms with Crippen molar-refractivity contribution in [2.24, 2.45) is 0 Å². The molecule has 1 aliphatic heterocycles. The van der Waals surface area contributed by atoms with Gasteiger partial charge in [0.15, 0.2) is 0 Å². The number of nitrogens with one attached hydrogen (secondary N) is 1. The van der Waals surface area contributed by atoms with Crippen molar-refractivity contribution < 1.29 is 4.79 Å². The van der Waals surface area contributed by atoms with Gasteiger partial charge in [0.1, 0.15) is 0 Å². The number of amides is 1. The van der Waals surface area contributed by atoms with E-state index >= 15 is 0 Å². The third kappa shape index (κ3) is 4.45. The molecule has 0 saturated carbocycles. The highest BCUT2D eigenvalue weighted by atomic mass is 16.2. The first-order chi connectivity index (χ1) is 13.7. The molecule has 1 saturated heterocycles. The van der Waals surface area contributed by atoms with E-state index in [0.29, 0.717) is 12.3 Å². The number of para-hydroxylation sites is 1. The zero-order chi connectivity index (χ0) is 19.3. The van der Waals surface area contributed by atoms with Crippen molar-refractivity contribution in [1.29, 1.82) is 0 Å². The van der Waals surface area contributed by atoms with E-state index < -0.39 is 0 Å². The van der Waals surface area contributed by atoms with Gasteiger partial charge in [-0.1, -0.05) is 48.0 Å². The van der Waals surface area contributed by atoms with Crippen LogP contribution in [-0.4, -0.2) is 46.9 Å². The Morgan fingerprint density at radius 3 is 2.68 bits per heavy atom. The number of rotatable bonds is 6. The molecule has 0 aliphatic carbocycles. The topological polar surface area (TPSA) is 39.3 Å². The summed E-state index contributed by atoms with van der Waals surface area (Å²) in [6, 6.07) is 17.1. The van der Waals surface area contributed by atoms with Crippen molar-refractivity contribution in [3.05, 3.63) is 71.4 Å². The molecule has 0 unspecified atom stereocenters. The molecule has 0 atom stereocenters. The first-order valence-corrected chi connectivity index (χ1v) is 10.3. The van der Waals surface area contributed by atoms with Gasteiger partial charge in [-0.05, 0) is 37.0 Å². The second kappa shape index (κ2) is 8.61. The molecule has 4 nitrogen and oxygen atoms in total. The minimum Gasteiger partial charge on any atom is -0.361 e. The summed E-state index contributed by atoms with van der Waals surface area (Å²) in [5.74, 6) is 0.301. The first kappa shape index (κ1) is 18.8. The fourth-order valence-electron chi connectivity index (χ4n) is 4.15. The quantitative estimate of drug-likeness (QED) is 0.703. The van der Waals surface area contributed by atoms with Crippen LogP contribution in [0.5, 0.6) is 0 Å². The van der Waals surface area contributed by atoms with Gasteiger partial charge in [-0.15, -0.1) is 0 Å². The molecule has 0 bridgehead atoms. The largest absolute Gasteiger partial charge is 0.361 e. The van der Waals surface area contributed by atoms with Gasteiger partial charge in [0.2, 0.25) is 5.91 Å². The Morgan fingerprint density at radius 2 is 1.86 bits per heavy atom. The van der Waals surface area contributed by atoms with Crippen LogP contribution in [0, 0.1) is 6.92 Å². The van der Waals surface area contributed by atoms with E-state index in [4.69, 9.17) is 0 Å². The number of H-pyrrole nitrogens is 1. The summed E-state index contributed by atoms with van der Waals surface area (Å²) in [5, 5.41) is 1.28. The number of aromatic amines is 1. The molecular formula is C24H29N3O. The molecule has 146 valence electrons. The van der Waals surface area contributed by atoms with Gasteiger partial charge < -0.3 is 9.88 Å². The third-order valence-electron chi connectivity index (χ3n) is 5.73. The lowest BCUT2D eigenvalue weighted by molar-refractivity contribution is -0.133. The molecule has 4 rings (SSSR count). The molecule has 3 aromatic rings. The summed E-state index contributed by atoms with van der Waals surface area (Å²) < 4.78 is 0. The van der Waals surface area contributed by atoms with Crippen LogP contribution in [0.4, 0.5) is 0 Å². The van der Waals surface area contributed by atoms with Crippen molar-refractivity contribution >= 4 is 16.8 Å². The zero-order valence-corrected chi connectivity index (χ0v) is 16.7. The molecule has 28 heavy (non-hydrogen) atoms. The van der Waals surface area contributed by atoms with E-state index in [1.54, 1.807) is 0 Å². The maximum absolute atomic E-state index is 12.6. The predicted octanol–water partition coefficient (Wildman–Crippen LogP) is 4.14.